The van der Waals surface area contributed by atoms with E-state index in [1.807, 2.05) is 25.2 Å². The summed E-state index contributed by atoms with van der Waals surface area (Å²) >= 11 is 1.57. The molecule has 0 radical (unpaired) electrons. The summed E-state index contributed by atoms with van der Waals surface area (Å²) in [5.41, 5.74) is 5.86. The van der Waals surface area contributed by atoms with E-state index in [4.69, 9.17) is 15.2 Å². The number of aryl methyl sites for hydroxylation is 1. The van der Waals surface area contributed by atoms with Gasteiger partial charge in [0.15, 0.2) is 5.16 Å². The number of carbonyl (C=O) groups is 1. The van der Waals surface area contributed by atoms with Crippen molar-refractivity contribution in [1.29, 1.82) is 0 Å². The Morgan fingerprint density at radius 1 is 1.14 bits per heavy atom. The first-order valence-corrected chi connectivity index (χ1v) is 16.9. The molecule has 0 saturated heterocycles. The van der Waals surface area contributed by atoms with Crippen LogP contribution in [-0.4, -0.2) is 54.3 Å². The highest BCUT2D eigenvalue weighted by atomic mass is 32.2. The Labute approximate surface area is 260 Å². The van der Waals surface area contributed by atoms with Gasteiger partial charge in [0.25, 0.3) is 0 Å². The Bertz CT molecular complexity index is 1570. The van der Waals surface area contributed by atoms with Crippen LogP contribution >= 0.6 is 11.8 Å². The van der Waals surface area contributed by atoms with E-state index in [0.717, 1.165) is 61.8 Å². The van der Waals surface area contributed by atoms with Gasteiger partial charge in [0, 0.05) is 20.1 Å². The molecule has 4 aliphatic carbocycles. The second kappa shape index (κ2) is 10.9. The fourth-order valence-electron chi connectivity index (χ4n) is 9.74. The number of aromatic nitrogens is 4. The third kappa shape index (κ3) is 4.74. The van der Waals surface area contributed by atoms with Crippen LogP contribution < -0.4 is 0 Å². The van der Waals surface area contributed by atoms with E-state index in [1.165, 1.54) is 16.8 Å². The van der Waals surface area contributed by atoms with Gasteiger partial charge >= 0.3 is 0 Å². The van der Waals surface area contributed by atoms with Gasteiger partial charge in [-0.05, 0) is 112 Å². The molecule has 0 spiro atoms. The first-order valence-electron chi connectivity index (χ1n) is 15.9. The van der Waals surface area contributed by atoms with Crippen LogP contribution in [0.5, 0.6) is 0 Å². The van der Waals surface area contributed by atoms with E-state index in [0.29, 0.717) is 23.4 Å². The number of fused-ring (bicyclic) bond motifs is 7. The van der Waals surface area contributed by atoms with E-state index in [2.05, 4.69) is 62.2 Å². The molecule has 4 aliphatic rings. The normalized spacial score (nSPS) is 33.0. The number of aliphatic hydroxyl groups is 2. The fourth-order valence-corrected chi connectivity index (χ4v) is 10.7. The van der Waals surface area contributed by atoms with Crippen molar-refractivity contribution in [3.63, 3.8) is 0 Å². The van der Waals surface area contributed by atoms with Gasteiger partial charge in [0.1, 0.15) is 5.78 Å². The Hall–Kier alpha value is -2.42. The molecule has 3 saturated carbocycles. The third-order valence-corrected chi connectivity index (χ3v) is 12.6. The number of rotatable bonds is 4. The van der Waals surface area contributed by atoms with Gasteiger partial charge in [-0.15, -0.1) is 0 Å². The lowest BCUT2D eigenvalue weighted by Gasteiger charge is -2.59. The van der Waals surface area contributed by atoms with E-state index in [1.54, 1.807) is 11.8 Å². The van der Waals surface area contributed by atoms with E-state index < -0.39 is 6.10 Å². The third-order valence-electron chi connectivity index (χ3n) is 11.5. The second-order valence-corrected chi connectivity index (χ2v) is 15.8. The lowest BCUT2D eigenvalue weighted by atomic mass is 9.46. The number of thioether (sulfide) groups is 1. The number of ketones is 1. The SMILES string of the molecule is CO.Cn1c(SCC(=O)C2CCC3C4CCC5=Cc6c(cnn6C(C)(C)C)CC5(C)C4C(O)CC23C)nc2ccccc21. The molecule has 232 valence electrons. The highest BCUT2D eigenvalue weighted by molar-refractivity contribution is 7.99. The zero-order valence-corrected chi connectivity index (χ0v) is 27.6. The minimum Gasteiger partial charge on any atom is -0.400 e. The zero-order chi connectivity index (χ0) is 30.9. The van der Waals surface area contributed by atoms with Crippen molar-refractivity contribution >= 4 is 34.7 Å². The van der Waals surface area contributed by atoms with Crippen molar-refractivity contribution in [3.05, 3.63) is 47.3 Å². The number of Topliss-reactive ketones (excluding diaryl/α,β-unsaturated/α-hetero) is 1. The summed E-state index contributed by atoms with van der Waals surface area (Å²) in [5.74, 6) is 1.96. The molecule has 2 aromatic heterocycles. The van der Waals surface area contributed by atoms with Crippen LogP contribution in [-0.2, 0) is 23.8 Å². The average Bonchev–Trinajstić information content (AvgIpc) is 3.63. The van der Waals surface area contributed by atoms with Crippen molar-refractivity contribution in [2.45, 2.75) is 89.9 Å². The maximum absolute atomic E-state index is 13.8. The number of hydrogen-bond donors (Lipinski definition) is 2. The van der Waals surface area contributed by atoms with Crippen molar-refractivity contribution < 1.29 is 15.0 Å². The zero-order valence-electron chi connectivity index (χ0n) is 26.8. The Morgan fingerprint density at radius 2 is 1.88 bits per heavy atom. The van der Waals surface area contributed by atoms with Crippen molar-refractivity contribution in [2.75, 3.05) is 12.9 Å². The molecule has 2 heterocycles. The maximum atomic E-state index is 13.8. The number of hydrogen-bond acceptors (Lipinski definition) is 6. The molecule has 0 amide bonds. The molecule has 3 fully saturated rings. The molecule has 7 unspecified atom stereocenters. The summed E-state index contributed by atoms with van der Waals surface area (Å²) in [7, 11) is 3.03. The van der Waals surface area contributed by atoms with Gasteiger partial charge in [-0.2, -0.15) is 5.10 Å². The number of imidazole rings is 1. The van der Waals surface area contributed by atoms with Gasteiger partial charge in [-0.3, -0.25) is 9.48 Å². The highest BCUT2D eigenvalue weighted by Gasteiger charge is 2.63. The number of carbonyl (C=O) groups excluding carboxylic acids is 1. The molecule has 2 N–H and O–H groups in total. The van der Waals surface area contributed by atoms with E-state index in [9.17, 15) is 9.90 Å². The number of aliphatic hydroxyl groups excluding tert-OH is 2. The number of allylic oxidation sites excluding steroid dienone is 1. The fraction of sp³-hybridized carbons (Fsp3) is 0.629. The lowest BCUT2D eigenvalue weighted by Crippen LogP contribution is -2.57. The molecule has 0 aliphatic heterocycles. The standard InChI is InChI=1S/C34H44N4O2S.CH4O/c1-32(2,3)38-27-15-21-11-12-22-23-13-14-24(29(40)19-41-31-36-25-9-7-8-10-26(25)37(31)6)34(23,5)17-28(39)30(22)33(21,4)16-20(27)18-35-38;1-2/h7-10,15,18,22-24,28,30,39H,11-14,16-17,19H2,1-6H3;2H,1H3. The Morgan fingerprint density at radius 3 is 2.60 bits per heavy atom. The topological polar surface area (TPSA) is 93.2 Å². The first kappa shape index (κ1) is 30.6. The summed E-state index contributed by atoms with van der Waals surface area (Å²) in [6.45, 7) is 11.4. The molecular formula is C35H48N4O3S. The quantitative estimate of drug-likeness (QED) is 0.342. The predicted octanol–water partition coefficient (Wildman–Crippen LogP) is 6.26. The lowest BCUT2D eigenvalue weighted by molar-refractivity contribution is -0.140. The molecule has 3 aromatic rings. The van der Waals surface area contributed by atoms with E-state index in [-0.39, 0.29) is 28.2 Å². The van der Waals surface area contributed by atoms with Crippen molar-refractivity contribution in [2.24, 2.45) is 41.5 Å². The van der Waals surface area contributed by atoms with Crippen LogP contribution in [0.4, 0.5) is 0 Å². The average molecular weight is 605 g/mol. The van der Waals surface area contributed by atoms with Gasteiger partial charge in [0.05, 0.1) is 40.3 Å². The van der Waals surface area contributed by atoms with Crippen LogP contribution in [0.25, 0.3) is 17.1 Å². The summed E-state index contributed by atoms with van der Waals surface area (Å²) in [4.78, 5) is 18.6. The Kier molecular flexibility index (Phi) is 7.74. The monoisotopic (exact) mass is 604 g/mol. The number of para-hydroxylation sites is 2. The van der Waals surface area contributed by atoms with Gasteiger partial charge in [0.2, 0.25) is 0 Å². The van der Waals surface area contributed by atoms with Crippen LogP contribution in [0.1, 0.15) is 78.0 Å². The summed E-state index contributed by atoms with van der Waals surface area (Å²) < 4.78 is 4.27. The van der Waals surface area contributed by atoms with Gasteiger partial charge < -0.3 is 14.8 Å². The molecule has 7 nitrogen and oxygen atoms in total. The summed E-state index contributed by atoms with van der Waals surface area (Å²) in [6.07, 6.45) is 9.98. The van der Waals surface area contributed by atoms with Crippen LogP contribution in [0.2, 0.25) is 0 Å². The molecule has 8 heteroatoms. The van der Waals surface area contributed by atoms with Gasteiger partial charge in [-0.25, -0.2) is 4.98 Å². The molecule has 7 atom stereocenters. The summed E-state index contributed by atoms with van der Waals surface area (Å²) in [6, 6.07) is 8.14. The number of nitrogens with zero attached hydrogens (tertiary/aromatic N) is 4. The van der Waals surface area contributed by atoms with Crippen molar-refractivity contribution in [3.8, 4) is 0 Å². The highest BCUT2D eigenvalue weighted by Crippen LogP contribution is 2.66. The molecule has 0 bridgehead atoms. The van der Waals surface area contributed by atoms with Crippen LogP contribution in [0, 0.1) is 34.5 Å². The largest absolute Gasteiger partial charge is 0.400 e. The molecule has 1 aromatic carbocycles. The van der Waals surface area contributed by atoms with E-state index >= 15 is 0 Å². The number of benzene rings is 1. The van der Waals surface area contributed by atoms with Crippen LogP contribution in [0.3, 0.4) is 0 Å². The molecular weight excluding hydrogens is 556 g/mol. The summed E-state index contributed by atoms with van der Waals surface area (Å²) in [5, 5.41) is 24.6. The minimum absolute atomic E-state index is 0.0120. The van der Waals surface area contributed by atoms with Crippen LogP contribution in [0.15, 0.2) is 41.2 Å². The molecule has 7 rings (SSSR count). The molecule has 43 heavy (non-hydrogen) atoms. The smallest absolute Gasteiger partial charge is 0.169 e. The second-order valence-electron chi connectivity index (χ2n) is 14.8. The Balaban J connectivity index is 0.00000161. The van der Waals surface area contributed by atoms with Gasteiger partial charge in [-0.1, -0.05) is 43.3 Å². The predicted molar refractivity (Wildman–Crippen MR) is 173 cm³/mol. The van der Waals surface area contributed by atoms with Crippen molar-refractivity contribution in [1.82, 2.24) is 19.3 Å². The minimum atomic E-state index is -0.393. The first-order chi connectivity index (χ1) is 20.4. The maximum Gasteiger partial charge on any atom is 0.169 e.